The van der Waals surface area contributed by atoms with Crippen LogP contribution in [0.25, 0.3) is 0 Å². The Morgan fingerprint density at radius 3 is 2.67 bits per heavy atom. The van der Waals surface area contributed by atoms with Crippen LogP contribution in [0.1, 0.15) is 6.92 Å². The first-order valence-electron chi connectivity index (χ1n) is 2.05. The molecule has 0 aliphatic heterocycles. The Labute approximate surface area is 38.5 Å². The fourth-order valence-electron chi connectivity index (χ4n) is 0.174. The third-order valence-electron chi connectivity index (χ3n) is 0.348. The number of hydroxylamine groups is 1. The van der Waals surface area contributed by atoms with Crippen LogP contribution < -0.4 is 5.48 Å². The monoisotopic (exact) mass is 88.1 g/mol. The molecule has 0 amide bonds. The van der Waals surface area contributed by atoms with E-state index in [4.69, 9.17) is 0 Å². The van der Waals surface area contributed by atoms with Gasteiger partial charge in [-0.25, -0.2) is 5.48 Å². The van der Waals surface area contributed by atoms with Gasteiger partial charge in [0.2, 0.25) is 0 Å². The SMILES string of the molecule is [CH2]CNOCC. The predicted octanol–water partition coefficient (Wildman–Crippen LogP) is 0.362. The van der Waals surface area contributed by atoms with Gasteiger partial charge in [-0.15, -0.1) is 0 Å². The summed E-state index contributed by atoms with van der Waals surface area (Å²) in [5.41, 5.74) is 2.59. The van der Waals surface area contributed by atoms with E-state index in [0.29, 0.717) is 13.2 Å². The smallest absolute Gasteiger partial charge is 0.0653 e. The Hall–Kier alpha value is -0.0800. The van der Waals surface area contributed by atoms with Crippen molar-refractivity contribution in [3.63, 3.8) is 0 Å². The predicted molar refractivity (Wildman–Crippen MR) is 25.0 cm³/mol. The van der Waals surface area contributed by atoms with Crippen LogP contribution in [0, 0.1) is 6.92 Å². The second-order valence-corrected chi connectivity index (χ2v) is 0.827. The van der Waals surface area contributed by atoms with Gasteiger partial charge in [-0.1, -0.05) is 0 Å². The molecule has 0 aromatic carbocycles. The van der Waals surface area contributed by atoms with Crippen molar-refractivity contribution in [3.05, 3.63) is 6.92 Å². The second kappa shape index (κ2) is 4.92. The Morgan fingerprint density at radius 2 is 2.50 bits per heavy atom. The van der Waals surface area contributed by atoms with Gasteiger partial charge in [0.25, 0.3) is 0 Å². The van der Waals surface area contributed by atoms with Crippen molar-refractivity contribution in [1.82, 2.24) is 5.48 Å². The summed E-state index contributed by atoms with van der Waals surface area (Å²) in [4.78, 5) is 4.67. The van der Waals surface area contributed by atoms with Crippen LogP contribution in [0.2, 0.25) is 0 Å². The maximum Gasteiger partial charge on any atom is 0.0653 e. The molecule has 1 radical (unpaired) electrons. The molecule has 2 nitrogen and oxygen atoms in total. The highest BCUT2D eigenvalue weighted by atomic mass is 16.6. The van der Waals surface area contributed by atoms with Crippen LogP contribution >= 0.6 is 0 Å². The summed E-state index contributed by atoms with van der Waals surface area (Å²) in [6.45, 7) is 6.74. The lowest BCUT2D eigenvalue weighted by atomic mass is 10.8. The van der Waals surface area contributed by atoms with Crippen molar-refractivity contribution >= 4 is 0 Å². The summed E-state index contributed by atoms with van der Waals surface area (Å²) in [6.07, 6.45) is 0. The standard InChI is InChI=1S/C4H10NO/c1-3-5-6-4-2/h5H,1,3-4H2,2H3. The highest BCUT2D eigenvalue weighted by Gasteiger charge is 1.69. The van der Waals surface area contributed by atoms with Gasteiger partial charge in [0, 0.05) is 6.54 Å². The third kappa shape index (κ3) is 3.92. The summed E-state index contributed by atoms with van der Waals surface area (Å²) in [7, 11) is 0. The molecule has 0 aromatic rings. The van der Waals surface area contributed by atoms with Crippen LogP contribution in [0.3, 0.4) is 0 Å². The number of hydrogen-bond donors (Lipinski definition) is 1. The van der Waals surface area contributed by atoms with E-state index in [0.717, 1.165) is 0 Å². The Bertz CT molecular complexity index is 19.5. The Morgan fingerprint density at radius 1 is 1.83 bits per heavy atom. The topological polar surface area (TPSA) is 21.3 Å². The lowest BCUT2D eigenvalue weighted by molar-refractivity contribution is 0.0584. The van der Waals surface area contributed by atoms with Crippen molar-refractivity contribution in [1.29, 1.82) is 0 Å². The molecule has 1 N–H and O–H groups in total. The highest BCUT2D eigenvalue weighted by Crippen LogP contribution is 1.58. The van der Waals surface area contributed by atoms with Crippen molar-refractivity contribution in [2.75, 3.05) is 13.2 Å². The van der Waals surface area contributed by atoms with Crippen LogP contribution in [0.15, 0.2) is 0 Å². The molecule has 2 heteroatoms. The molecule has 0 unspecified atom stereocenters. The van der Waals surface area contributed by atoms with E-state index in [1.165, 1.54) is 0 Å². The van der Waals surface area contributed by atoms with Gasteiger partial charge in [0.1, 0.15) is 0 Å². The van der Waals surface area contributed by atoms with E-state index in [9.17, 15) is 0 Å². The molecule has 0 heterocycles. The summed E-state index contributed by atoms with van der Waals surface area (Å²) < 4.78 is 0. The molecule has 0 aliphatic carbocycles. The molecule has 0 aliphatic rings. The highest BCUT2D eigenvalue weighted by molar-refractivity contribution is 4.30. The van der Waals surface area contributed by atoms with Crippen molar-refractivity contribution in [2.45, 2.75) is 6.92 Å². The summed E-state index contributed by atoms with van der Waals surface area (Å²) >= 11 is 0. The summed E-state index contributed by atoms with van der Waals surface area (Å²) in [5, 5.41) is 0. The van der Waals surface area contributed by atoms with Crippen molar-refractivity contribution in [3.8, 4) is 0 Å². The second-order valence-electron chi connectivity index (χ2n) is 0.827. The molecule has 0 bridgehead atoms. The lowest BCUT2D eigenvalue weighted by Crippen LogP contribution is -2.12. The first kappa shape index (κ1) is 5.92. The van der Waals surface area contributed by atoms with E-state index in [1.54, 1.807) is 0 Å². The normalized spacial score (nSPS) is 9.00. The molecule has 0 fully saturated rings. The minimum Gasteiger partial charge on any atom is -0.302 e. The molecule has 0 saturated heterocycles. The fourth-order valence-corrected chi connectivity index (χ4v) is 0.174. The first-order valence-corrected chi connectivity index (χ1v) is 2.05. The van der Waals surface area contributed by atoms with Gasteiger partial charge in [-0.3, -0.25) is 0 Å². The lowest BCUT2D eigenvalue weighted by Gasteiger charge is -1.94. The van der Waals surface area contributed by atoms with Crippen LogP contribution in [-0.4, -0.2) is 13.2 Å². The van der Waals surface area contributed by atoms with Gasteiger partial charge in [0.05, 0.1) is 6.61 Å². The molecule has 0 atom stereocenters. The van der Waals surface area contributed by atoms with Crippen LogP contribution in [0.4, 0.5) is 0 Å². The molecular weight excluding hydrogens is 78.0 g/mol. The summed E-state index contributed by atoms with van der Waals surface area (Å²) in [6, 6.07) is 0. The van der Waals surface area contributed by atoms with Gasteiger partial charge < -0.3 is 4.84 Å². The number of nitrogens with one attached hydrogen (secondary N) is 1. The maximum absolute atomic E-state index is 4.67. The van der Waals surface area contributed by atoms with E-state index in [1.807, 2.05) is 6.92 Å². The fraction of sp³-hybridized carbons (Fsp3) is 0.750. The zero-order valence-corrected chi connectivity index (χ0v) is 4.03. The number of rotatable bonds is 3. The van der Waals surface area contributed by atoms with Crippen molar-refractivity contribution < 1.29 is 4.84 Å². The van der Waals surface area contributed by atoms with Crippen LogP contribution in [-0.2, 0) is 4.84 Å². The van der Waals surface area contributed by atoms with Crippen LogP contribution in [0.5, 0.6) is 0 Å². The van der Waals surface area contributed by atoms with Gasteiger partial charge in [0.15, 0.2) is 0 Å². The Kier molecular flexibility index (Phi) is 4.85. The number of hydrogen-bond acceptors (Lipinski definition) is 2. The molecule has 0 aromatic heterocycles. The average Bonchev–Trinajstić information content (AvgIpc) is 1.61. The molecule has 6 heavy (non-hydrogen) atoms. The molecule has 0 rings (SSSR count). The average molecular weight is 88.1 g/mol. The minimum absolute atomic E-state index is 0.633. The molecule has 37 valence electrons. The molecule has 0 spiro atoms. The maximum atomic E-state index is 4.67. The van der Waals surface area contributed by atoms with E-state index >= 15 is 0 Å². The van der Waals surface area contributed by atoms with E-state index in [-0.39, 0.29) is 0 Å². The molecular formula is C4H10NO. The zero-order chi connectivity index (χ0) is 4.83. The summed E-state index contributed by atoms with van der Waals surface area (Å²) in [5.74, 6) is 0. The quantitative estimate of drug-likeness (QED) is 0.397. The van der Waals surface area contributed by atoms with Gasteiger partial charge in [-0.05, 0) is 13.8 Å². The molecule has 0 saturated carbocycles. The van der Waals surface area contributed by atoms with Gasteiger partial charge >= 0.3 is 0 Å². The van der Waals surface area contributed by atoms with Crippen molar-refractivity contribution in [2.24, 2.45) is 0 Å². The zero-order valence-electron chi connectivity index (χ0n) is 4.03. The third-order valence-corrected chi connectivity index (χ3v) is 0.348. The van der Waals surface area contributed by atoms with E-state index in [2.05, 4.69) is 17.2 Å². The largest absolute Gasteiger partial charge is 0.302 e. The van der Waals surface area contributed by atoms with Gasteiger partial charge in [-0.2, -0.15) is 0 Å². The minimum atomic E-state index is 0.633. The Balaban J connectivity index is 2.34. The first-order chi connectivity index (χ1) is 2.91. The van der Waals surface area contributed by atoms with E-state index < -0.39 is 0 Å².